The molecule has 1 spiro atoms. The molecule has 1 fully saturated rings. The minimum Gasteiger partial charge on any atom is -0.481 e. The van der Waals surface area contributed by atoms with Gasteiger partial charge in [0.1, 0.15) is 5.92 Å². The van der Waals surface area contributed by atoms with Crippen molar-refractivity contribution in [1.29, 1.82) is 0 Å². The summed E-state index contributed by atoms with van der Waals surface area (Å²) in [6.07, 6.45) is 4.21. The number of nitrogens with zero attached hydrogens (tertiary/aromatic N) is 1. The number of carbonyl (C=O) groups excluding carboxylic acids is 1. The quantitative estimate of drug-likeness (QED) is 0.912. The van der Waals surface area contributed by atoms with Crippen LogP contribution in [0.5, 0.6) is 0 Å². The van der Waals surface area contributed by atoms with E-state index < -0.39 is 17.4 Å². The Morgan fingerprint density at radius 2 is 1.69 bits per heavy atom. The molecule has 134 valence electrons. The van der Waals surface area contributed by atoms with E-state index in [1.807, 2.05) is 41.3 Å². The fourth-order valence-electron chi connectivity index (χ4n) is 4.85. The Labute approximate surface area is 153 Å². The van der Waals surface area contributed by atoms with Gasteiger partial charge in [-0.25, -0.2) is 0 Å². The molecule has 2 aliphatic rings. The fourth-order valence-corrected chi connectivity index (χ4v) is 4.85. The Morgan fingerprint density at radius 1 is 1.04 bits per heavy atom. The predicted molar refractivity (Wildman–Crippen MR) is 99.2 cm³/mol. The summed E-state index contributed by atoms with van der Waals surface area (Å²) in [5, 5.41) is 10.1. The Morgan fingerprint density at radius 3 is 2.38 bits per heavy atom. The number of hydrogen-bond donors (Lipinski definition) is 1. The molecule has 4 nitrogen and oxygen atoms in total. The van der Waals surface area contributed by atoms with Crippen LogP contribution < -0.4 is 0 Å². The maximum Gasteiger partial charge on any atom is 0.313 e. The molecule has 1 atom stereocenters. The highest BCUT2D eigenvalue weighted by atomic mass is 16.4. The highest BCUT2D eigenvalue weighted by molar-refractivity contribution is 6.01. The number of carbonyl (C=O) groups is 2. The minimum absolute atomic E-state index is 0.0177. The van der Waals surface area contributed by atoms with E-state index in [2.05, 4.69) is 12.1 Å². The molecule has 1 heterocycles. The Bertz CT molecular complexity index is 824. The van der Waals surface area contributed by atoms with E-state index in [1.165, 1.54) is 5.56 Å². The van der Waals surface area contributed by atoms with Gasteiger partial charge in [0.15, 0.2) is 0 Å². The van der Waals surface area contributed by atoms with E-state index in [-0.39, 0.29) is 5.91 Å². The molecule has 1 aliphatic carbocycles. The van der Waals surface area contributed by atoms with E-state index in [1.54, 1.807) is 6.07 Å². The van der Waals surface area contributed by atoms with Crippen molar-refractivity contribution in [2.45, 2.75) is 43.6 Å². The molecule has 0 aromatic heterocycles. The molecule has 4 heteroatoms. The SMILES string of the molecule is O=C(O)[C@H]1c2ccccc2C(=O)N(CCc2ccccc2)C12CCCC2. The Balaban J connectivity index is 1.76. The average molecular weight is 349 g/mol. The zero-order valence-electron chi connectivity index (χ0n) is 14.7. The molecule has 1 amide bonds. The molecule has 4 rings (SSSR count). The zero-order valence-corrected chi connectivity index (χ0v) is 14.7. The highest BCUT2D eigenvalue weighted by Gasteiger charge is 2.55. The maximum absolute atomic E-state index is 13.3. The topological polar surface area (TPSA) is 57.6 Å². The van der Waals surface area contributed by atoms with Crippen LogP contribution in [0.2, 0.25) is 0 Å². The van der Waals surface area contributed by atoms with Crippen LogP contribution in [0.25, 0.3) is 0 Å². The fraction of sp³-hybridized carbons (Fsp3) is 0.364. The van der Waals surface area contributed by atoms with Crippen LogP contribution in [0.15, 0.2) is 54.6 Å². The van der Waals surface area contributed by atoms with Crippen LogP contribution in [0, 0.1) is 0 Å². The first kappa shape index (κ1) is 16.8. The van der Waals surface area contributed by atoms with E-state index in [9.17, 15) is 14.7 Å². The summed E-state index contributed by atoms with van der Waals surface area (Å²) < 4.78 is 0. The Kier molecular flexibility index (Phi) is 4.27. The summed E-state index contributed by atoms with van der Waals surface area (Å²) in [6.45, 7) is 0.557. The first-order valence-electron chi connectivity index (χ1n) is 9.31. The Hall–Kier alpha value is -2.62. The lowest BCUT2D eigenvalue weighted by Crippen LogP contribution is -2.59. The summed E-state index contributed by atoms with van der Waals surface area (Å²) in [7, 11) is 0. The van der Waals surface area contributed by atoms with Crippen molar-refractivity contribution in [2.75, 3.05) is 6.54 Å². The monoisotopic (exact) mass is 349 g/mol. The summed E-state index contributed by atoms with van der Waals surface area (Å²) in [4.78, 5) is 27.5. The van der Waals surface area contributed by atoms with Gasteiger partial charge in [-0.15, -0.1) is 0 Å². The van der Waals surface area contributed by atoms with Crippen molar-refractivity contribution in [3.8, 4) is 0 Å². The molecule has 0 unspecified atom stereocenters. The largest absolute Gasteiger partial charge is 0.481 e. The van der Waals surface area contributed by atoms with Gasteiger partial charge >= 0.3 is 5.97 Å². The van der Waals surface area contributed by atoms with E-state index in [0.29, 0.717) is 17.7 Å². The lowest BCUT2D eigenvalue weighted by Gasteiger charge is -2.49. The van der Waals surface area contributed by atoms with Gasteiger partial charge < -0.3 is 10.0 Å². The molecule has 2 aromatic rings. The van der Waals surface area contributed by atoms with Crippen LogP contribution in [-0.4, -0.2) is 34.0 Å². The zero-order chi connectivity index (χ0) is 18.1. The van der Waals surface area contributed by atoms with Crippen molar-refractivity contribution in [1.82, 2.24) is 4.90 Å². The maximum atomic E-state index is 13.3. The lowest BCUT2D eigenvalue weighted by atomic mass is 9.71. The number of amides is 1. The number of carboxylic acid groups (broad SMARTS) is 1. The van der Waals surface area contributed by atoms with Gasteiger partial charge in [0, 0.05) is 12.1 Å². The molecular weight excluding hydrogens is 326 g/mol. The normalized spacial score (nSPS) is 21.0. The summed E-state index contributed by atoms with van der Waals surface area (Å²) in [5.41, 5.74) is 1.80. The van der Waals surface area contributed by atoms with Crippen molar-refractivity contribution in [3.63, 3.8) is 0 Å². The van der Waals surface area contributed by atoms with Crippen LogP contribution in [0.3, 0.4) is 0 Å². The molecule has 0 saturated heterocycles. The van der Waals surface area contributed by atoms with Crippen molar-refractivity contribution >= 4 is 11.9 Å². The van der Waals surface area contributed by atoms with Crippen LogP contribution in [-0.2, 0) is 11.2 Å². The van der Waals surface area contributed by atoms with Gasteiger partial charge in [-0.3, -0.25) is 9.59 Å². The molecule has 26 heavy (non-hydrogen) atoms. The van der Waals surface area contributed by atoms with Crippen molar-refractivity contribution in [2.24, 2.45) is 0 Å². The third-order valence-electron chi connectivity index (χ3n) is 6.01. The third-order valence-corrected chi connectivity index (χ3v) is 6.01. The van der Waals surface area contributed by atoms with Crippen molar-refractivity contribution < 1.29 is 14.7 Å². The molecule has 0 bridgehead atoms. The second-order valence-electron chi connectivity index (χ2n) is 7.36. The molecule has 0 radical (unpaired) electrons. The molecular formula is C22H23NO3. The number of fused-ring (bicyclic) bond motifs is 1. The van der Waals surface area contributed by atoms with Crippen LogP contribution in [0.1, 0.15) is 53.1 Å². The molecule has 1 N–H and O–H groups in total. The van der Waals surface area contributed by atoms with Gasteiger partial charge in [-0.1, -0.05) is 61.4 Å². The number of aliphatic carboxylic acids is 1. The molecule has 1 saturated carbocycles. The van der Waals surface area contributed by atoms with E-state index in [4.69, 9.17) is 0 Å². The second-order valence-corrected chi connectivity index (χ2v) is 7.36. The number of benzene rings is 2. The van der Waals surface area contributed by atoms with Gasteiger partial charge in [0.05, 0.1) is 5.54 Å². The predicted octanol–water partition coefficient (Wildman–Crippen LogP) is 3.87. The summed E-state index contributed by atoms with van der Waals surface area (Å²) in [6, 6.07) is 17.3. The molecule has 2 aromatic carbocycles. The van der Waals surface area contributed by atoms with Gasteiger partial charge in [-0.05, 0) is 36.5 Å². The third kappa shape index (κ3) is 2.61. The summed E-state index contributed by atoms with van der Waals surface area (Å²) >= 11 is 0. The highest BCUT2D eigenvalue weighted by Crippen LogP contribution is 2.50. The lowest BCUT2D eigenvalue weighted by molar-refractivity contribution is -0.143. The van der Waals surface area contributed by atoms with Crippen molar-refractivity contribution in [3.05, 3.63) is 71.3 Å². The first-order valence-corrected chi connectivity index (χ1v) is 9.31. The first-order chi connectivity index (χ1) is 12.6. The van der Waals surface area contributed by atoms with Gasteiger partial charge in [-0.2, -0.15) is 0 Å². The number of rotatable bonds is 4. The minimum atomic E-state index is -0.823. The number of carboxylic acids is 1. The van der Waals surface area contributed by atoms with Gasteiger partial charge in [0.25, 0.3) is 5.91 Å². The van der Waals surface area contributed by atoms with Crippen LogP contribution >= 0.6 is 0 Å². The number of hydrogen-bond acceptors (Lipinski definition) is 2. The van der Waals surface area contributed by atoms with Crippen LogP contribution in [0.4, 0.5) is 0 Å². The van der Waals surface area contributed by atoms with Gasteiger partial charge in [0.2, 0.25) is 0 Å². The van der Waals surface area contributed by atoms with E-state index >= 15 is 0 Å². The smallest absolute Gasteiger partial charge is 0.313 e. The summed E-state index contributed by atoms with van der Waals surface area (Å²) in [5.74, 6) is -1.48. The second kappa shape index (κ2) is 6.60. The average Bonchev–Trinajstić information content (AvgIpc) is 3.12. The standard InChI is InChI=1S/C22H23NO3/c24-20-18-11-5-4-10-17(18)19(21(25)26)22(13-6-7-14-22)23(20)15-12-16-8-2-1-3-9-16/h1-5,8-11,19H,6-7,12-15H2,(H,25,26)/t19-/m1/s1. The molecule has 1 aliphatic heterocycles. The van der Waals surface area contributed by atoms with E-state index in [0.717, 1.165) is 32.1 Å².